The third kappa shape index (κ3) is 4.19. The molecule has 0 aromatic carbocycles. The van der Waals surface area contributed by atoms with E-state index in [4.69, 9.17) is 5.73 Å². The molecule has 2 aliphatic carbocycles. The molecule has 2 aliphatic rings. The van der Waals surface area contributed by atoms with Gasteiger partial charge in [0.1, 0.15) is 0 Å². The molecule has 0 spiro atoms. The largest absolute Gasteiger partial charge is 0.330 e. The number of unbranched alkanes of at least 4 members (excludes halogenated alkanes) is 1. The van der Waals surface area contributed by atoms with E-state index in [2.05, 4.69) is 18.7 Å². The van der Waals surface area contributed by atoms with Gasteiger partial charge in [-0.3, -0.25) is 4.90 Å². The second-order valence-electron chi connectivity index (χ2n) is 6.85. The molecular formula is C17H34N2. The van der Waals surface area contributed by atoms with E-state index in [1.54, 1.807) is 0 Å². The smallest absolute Gasteiger partial charge is 0.0141 e. The van der Waals surface area contributed by atoms with E-state index in [9.17, 15) is 0 Å². The monoisotopic (exact) mass is 266 g/mol. The van der Waals surface area contributed by atoms with Crippen LogP contribution in [0.15, 0.2) is 0 Å². The van der Waals surface area contributed by atoms with Crippen molar-refractivity contribution in [3.05, 3.63) is 0 Å². The zero-order chi connectivity index (χ0) is 13.7. The minimum absolute atomic E-state index is 0.769. The molecule has 2 nitrogen and oxygen atoms in total. The summed E-state index contributed by atoms with van der Waals surface area (Å²) in [6.45, 7) is 6.87. The molecule has 19 heavy (non-hydrogen) atoms. The highest BCUT2D eigenvalue weighted by molar-refractivity contribution is 4.94. The van der Waals surface area contributed by atoms with Gasteiger partial charge in [-0.1, -0.05) is 39.5 Å². The lowest BCUT2D eigenvalue weighted by Crippen LogP contribution is -2.48. The maximum Gasteiger partial charge on any atom is 0.0141 e. The standard InChI is InChI=1S/C17H34N2/c1-3-5-11-19(16-9-10-16)17-12-14(6-4-2)7-8-15(17)13-18/h14-17H,3-13,18H2,1-2H3. The van der Waals surface area contributed by atoms with E-state index < -0.39 is 0 Å². The highest BCUT2D eigenvalue weighted by atomic mass is 15.2. The SMILES string of the molecule is CCCCN(C1CC1)C1CC(CCC)CCC1CN. The Labute approximate surface area is 120 Å². The Morgan fingerprint density at radius 3 is 2.42 bits per heavy atom. The average Bonchev–Trinajstić information content (AvgIpc) is 3.25. The van der Waals surface area contributed by atoms with E-state index in [1.807, 2.05) is 0 Å². The maximum absolute atomic E-state index is 6.07. The summed E-state index contributed by atoms with van der Waals surface area (Å²) < 4.78 is 0. The molecule has 0 bridgehead atoms. The van der Waals surface area contributed by atoms with Gasteiger partial charge in [0.2, 0.25) is 0 Å². The lowest BCUT2D eigenvalue weighted by Gasteiger charge is -2.43. The zero-order valence-electron chi connectivity index (χ0n) is 13.1. The fourth-order valence-electron chi connectivity index (χ4n) is 4.01. The molecule has 0 radical (unpaired) electrons. The molecule has 2 heteroatoms. The first kappa shape index (κ1) is 15.3. The van der Waals surface area contributed by atoms with Crippen LogP contribution in [0.2, 0.25) is 0 Å². The predicted molar refractivity (Wildman–Crippen MR) is 83.2 cm³/mol. The van der Waals surface area contributed by atoms with E-state index >= 15 is 0 Å². The summed E-state index contributed by atoms with van der Waals surface area (Å²) in [4.78, 5) is 2.86. The van der Waals surface area contributed by atoms with E-state index in [-0.39, 0.29) is 0 Å². The van der Waals surface area contributed by atoms with Crippen molar-refractivity contribution in [1.82, 2.24) is 4.90 Å². The van der Waals surface area contributed by atoms with Crippen LogP contribution in [0.5, 0.6) is 0 Å². The van der Waals surface area contributed by atoms with Crippen molar-refractivity contribution in [1.29, 1.82) is 0 Å². The Hall–Kier alpha value is -0.0800. The van der Waals surface area contributed by atoms with Gasteiger partial charge in [0, 0.05) is 12.1 Å². The molecular weight excluding hydrogens is 232 g/mol. The number of rotatable bonds is 8. The molecule has 0 saturated heterocycles. The van der Waals surface area contributed by atoms with Crippen molar-refractivity contribution in [2.75, 3.05) is 13.1 Å². The van der Waals surface area contributed by atoms with Crippen LogP contribution in [0.3, 0.4) is 0 Å². The Kier molecular flexibility index (Phi) is 6.15. The molecule has 2 rings (SSSR count). The Morgan fingerprint density at radius 1 is 1.05 bits per heavy atom. The minimum atomic E-state index is 0.769. The van der Waals surface area contributed by atoms with Crippen molar-refractivity contribution in [2.45, 2.75) is 83.7 Å². The minimum Gasteiger partial charge on any atom is -0.330 e. The molecule has 0 aliphatic heterocycles. The summed E-state index contributed by atoms with van der Waals surface area (Å²) in [6, 6.07) is 1.71. The number of nitrogens with zero attached hydrogens (tertiary/aromatic N) is 1. The third-order valence-electron chi connectivity index (χ3n) is 5.28. The Balaban J connectivity index is 1.97. The molecule has 3 unspecified atom stereocenters. The molecule has 0 heterocycles. The summed E-state index contributed by atoms with van der Waals surface area (Å²) in [5.41, 5.74) is 6.07. The lowest BCUT2D eigenvalue weighted by molar-refractivity contribution is 0.0711. The van der Waals surface area contributed by atoms with Crippen LogP contribution in [-0.2, 0) is 0 Å². The molecule has 0 aromatic rings. The van der Waals surface area contributed by atoms with Gasteiger partial charge in [0.05, 0.1) is 0 Å². The molecule has 0 amide bonds. The fourth-order valence-corrected chi connectivity index (χ4v) is 4.01. The molecule has 2 fully saturated rings. The quantitative estimate of drug-likeness (QED) is 0.724. The van der Waals surface area contributed by atoms with E-state index in [0.717, 1.165) is 30.5 Å². The summed E-state index contributed by atoms with van der Waals surface area (Å²) in [6.07, 6.45) is 12.6. The van der Waals surface area contributed by atoms with Crippen molar-refractivity contribution >= 4 is 0 Å². The molecule has 0 aromatic heterocycles. The summed E-state index contributed by atoms with van der Waals surface area (Å²) in [5.74, 6) is 1.74. The number of hydrogen-bond acceptors (Lipinski definition) is 2. The second-order valence-corrected chi connectivity index (χ2v) is 6.85. The van der Waals surface area contributed by atoms with Gasteiger partial charge in [0.25, 0.3) is 0 Å². The summed E-state index contributed by atoms with van der Waals surface area (Å²) in [5, 5.41) is 0. The van der Waals surface area contributed by atoms with Crippen LogP contribution in [0.25, 0.3) is 0 Å². The first-order chi connectivity index (χ1) is 9.30. The fraction of sp³-hybridized carbons (Fsp3) is 1.00. The topological polar surface area (TPSA) is 29.3 Å². The summed E-state index contributed by atoms with van der Waals surface area (Å²) >= 11 is 0. The first-order valence-corrected chi connectivity index (χ1v) is 8.75. The molecule has 3 atom stereocenters. The Bertz CT molecular complexity index is 250. The predicted octanol–water partition coefficient (Wildman–Crippen LogP) is 3.79. The van der Waals surface area contributed by atoms with Gasteiger partial charge in [-0.05, 0) is 57.0 Å². The zero-order valence-corrected chi connectivity index (χ0v) is 13.1. The van der Waals surface area contributed by atoms with Crippen LogP contribution in [0.1, 0.15) is 71.6 Å². The normalized spacial score (nSPS) is 31.9. The van der Waals surface area contributed by atoms with Gasteiger partial charge in [-0.25, -0.2) is 0 Å². The van der Waals surface area contributed by atoms with Crippen LogP contribution in [0, 0.1) is 11.8 Å². The van der Waals surface area contributed by atoms with Gasteiger partial charge in [0.15, 0.2) is 0 Å². The van der Waals surface area contributed by atoms with Crippen LogP contribution < -0.4 is 5.73 Å². The first-order valence-electron chi connectivity index (χ1n) is 8.75. The van der Waals surface area contributed by atoms with Crippen LogP contribution in [0.4, 0.5) is 0 Å². The van der Waals surface area contributed by atoms with Crippen molar-refractivity contribution in [3.63, 3.8) is 0 Å². The maximum atomic E-state index is 6.07. The summed E-state index contributed by atoms with van der Waals surface area (Å²) in [7, 11) is 0. The van der Waals surface area contributed by atoms with Crippen LogP contribution in [-0.4, -0.2) is 30.1 Å². The van der Waals surface area contributed by atoms with E-state index in [0.29, 0.717) is 0 Å². The van der Waals surface area contributed by atoms with Crippen molar-refractivity contribution in [2.24, 2.45) is 17.6 Å². The highest BCUT2D eigenvalue weighted by Gasteiger charge is 2.39. The van der Waals surface area contributed by atoms with Gasteiger partial charge in [-0.2, -0.15) is 0 Å². The second kappa shape index (κ2) is 7.64. The van der Waals surface area contributed by atoms with Gasteiger partial charge in [-0.15, -0.1) is 0 Å². The van der Waals surface area contributed by atoms with Crippen molar-refractivity contribution < 1.29 is 0 Å². The Morgan fingerprint density at radius 2 is 1.84 bits per heavy atom. The van der Waals surface area contributed by atoms with Gasteiger partial charge >= 0.3 is 0 Å². The van der Waals surface area contributed by atoms with Crippen LogP contribution >= 0.6 is 0 Å². The van der Waals surface area contributed by atoms with Crippen molar-refractivity contribution in [3.8, 4) is 0 Å². The average molecular weight is 266 g/mol. The molecule has 2 saturated carbocycles. The molecule has 112 valence electrons. The van der Waals surface area contributed by atoms with Gasteiger partial charge < -0.3 is 5.73 Å². The number of hydrogen-bond donors (Lipinski definition) is 1. The lowest BCUT2D eigenvalue weighted by atomic mass is 9.75. The molecule has 2 N–H and O–H groups in total. The highest BCUT2D eigenvalue weighted by Crippen LogP contribution is 2.39. The van der Waals surface area contributed by atoms with E-state index in [1.165, 1.54) is 64.3 Å². The number of nitrogens with two attached hydrogens (primary N) is 1. The third-order valence-corrected chi connectivity index (χ3v) is 5.28.